The van der Waals surface area contributed by atoms with Gasteiger partial charge in [0, 0.05) is 18.1 Å². The minimum absolute atomic E-state index is 0.00190. The number of aliphatic carboxylic acids is 1. The number of urea groups is 1. The molecule has 3 rings (SSSR count). The van der Waals surface area contributed by atoms with E-state index < -0.39 is 29.3 Å². The van der Waals surface area contributed by atoms with Gasteiger partial charge in [0.2, 0.25) is 5.16 Å². The van der Waals surface area contributed by atoms with Gasteiger partial charge in [0.1, 0.15) is 22.9 Å². The van der Waals surface area contributed by atoms with Crippen molar-refractivity contribution in [3.63, 3.8) is 0 Å². The first-order valence-corrected chi connectivity index (χ1v) is 10.9. The highest BCUT2D eigenvalue weighted by atomic mass is 32.2. The Morgan fingerprint density at radius 3 is 2.89 bits per heavy atom. The second-order valence-corrected chi connectivity index (χ2v) is 8.44. The lowest BCUT2D eigenvalue weighted by Gasteiger charge is -2.49. The maximum atomic E-state index is 12.5. The normalized spacial score (nSPS) is 21.2. The first-order chi connectivity index (χ1) is 13.4. The number of nitrogens with zero attached hydrogens (tertiary/aromatic N) is 3. The van der Waals surface area contributed by atoms with Crippen LogP contribution in [0.1, 0.15) is 25.6 Å². The van der Waals surface area contributed by atoms with Crippen molar-refractivity contribution in [2.75, 3.05) is 18.1 Å². The molecule has 0 saturated carbocycles. The molecule has 2 aliphatic rings. The van der Waals surface area contributed by atoms with Crippen LogP contribution in [0.2, 0.25) is 0 Å². The van der Waals surface area contributed by atoms with Crippen LogP contribution >= 0.6 is 23.5 Å². The molecule has 0 spiro atoms. The molecular formula is C16H22N6O4S2. The summed E-state index contributed by atoms with van der Waals surface area (Å²) in [5, 5.41) is 21.9. The highest BCUT2D eigenvalue weighted by Gasteiger charge is 2.54. The molecule has 1 fully saturated rings. The molecule has 0 radical (unpaired) electrons. The fourth-order valence-electron chi connectivity index (χ4n) is 2.90. The molecule has 12 heteroatoms. The number of amides is 3. The standard InChI is InChI=1S/C16H22N6O4S2/c1-3-4-5-17-15(26)19-10-12(23)22-11(14(24)25)9(6-27-13(10)22)7-28-16-18-8(2)20-21-16/h10,13H,3-7H2,1-2H3,(H,24,25)(H2,17,19,26)(H,18,20,21)/t10?,13-/m0/s1. The summed E-state index contributed by atoms with van der Waals surface area (Å²) in [5.41, 5.74) is 0.637. The van der Waals surface area contributed by atoms with Crippen molar-refractivity contribution in [3.05, 3.63) is 17.1 Å². The van der Waals surface area contributed by atoms with Crippen molar-refractivity contribution < 1.29 is 19.5 Å². The predicted molar refractivity (Wildman–Crippen MR) is 105 cm³/mol. The van der Waals surface area contributed by atoms with E-state index in [4.69, 9.17) is 0 Å². The van der Waals surface area contributed by atoms with Gasteiger partial charge in [0.25, 0.3) is 5.91 Å². The molecule has 152 valence electrons. The largest absolute Gasteiger partial charge is 0.477 e. The average molecular weight is 427 g/mol. The second-order valence-electron chi connectivity index (χ2n) is 6.39. The Labute approximate surface area is 170 Å². The number of aromatic amines is 1. The number of rotatable bonds is 8. The number of H-pyrrole nitrogens is 1. The molecule has 0 aromatic carbocycles. The van der Waals surface area contributed by atoms with Gasteiger partial charge in [-0.15, -0.1) is 16.9 Å². The zero-order chi connectivity index (χ0) is 20.3. The van der Waals surface area contributed by atoms with E-state index in [1.54, 1.807) is 6.92 Å². The van der Waals surface area contributed by atoms with Gasteiger partial charge < -0.3 is 15.7 Å². The lowest BCUT2D eigenvalue weighted by molar-refractivity contribution is -0.148. The summed E-state index contributed by atoms with van der Waals surface area (Å²) in [6, 6.07) is -1.12. The van der Waals surface area contributed by atoms with Crippen molar-refractivity contribution in [1.82, 2.24) is 30.7 Å². The molecule has 2 atom stereocenters. The van der Waals surface area contributed by atoms with Gasteiger partial charge in [0.05, 0.1) is 0 Å². The lowest BCUT2D eigenvalue weighted by Crippen LogP contribution is -2.71. The number of β-lactam (4-membered cyclic amide) rings is 1. The van der Waals surface area contributed by atoms with Gasteiger partial charge in [-0.05, 0) is 18.9 Å². The number of carbonyl (C=O) groups excluding carboxylic acids is 2. The minimum Gasteiger partial charge on any atom is -0.477 e. The van der Waals surface area contributed by atoms with Crippen LogP contribution in [0.25, 0.3) is 0 Å². The lowest BCUT2D eigenvalue weighted by atomic mass is 10.0. The van der Waals surface area contributed by atoms with E-state index in [0.717, 1.165) is 12.8 Å². The minimum atomic E-state index is -1.15. The van der Waals surface area contributed by atoms with Crippen molar-refractivity contribution in [2.24, 2.45) is 0 Å². The van der Waals surface area contributed by atoms with Crippen molar-refractivity contribution in [2.45, 2.75) is 43.3 Å². The van der Waals surface area contributed by atoms with E-state index in [2.05, 4.69) is 25.8 Å². The Balaban J connectivity index is 1.65. The number of unbranched alkanes of at least 4 members (excludes halogenated alkanes) is 1. The average Bonchev–Trinajstić information content (AvgIpc) is 3.08. The van der Waals surface area contributed by atoms with Crippen LogP contribution in [-0.2, 0) is 9.59 Å². The summed E-state index contributed by atoms with van der Waals surface area (Å²) < 4.78 is 0. The fourth-order valence-corrected chi connectivity index (χ4v) is 5.23. The molecule has 2 aliphatic heterocycles. The number of hydrogen-bond acceptors (Lipinski definition) is 7. The number of hydrogen-bond donors (Lipinski definition) is 4. The van der Waals surface area contributed by atoms with E-state index in [1.807, 2.05) is 6.92 Å². The Morgan fingerprint density at radius 2 is 2.25 bits per heavy atom. The first kappa shape index (κ1) is 20.5. The van der Waals surface area contributed by atoms with E-state index in [-0.39, 0.29) is 5.70 Å². The van der Waals surface area contributed by atoms with Gasteiger partial charge in [0.15, 0.2) is 0 Å². The summed E-state index contributed by atoms with van der Waals surface area (Å²) in [6.07, 6.45) is 1.81. The zero-order valence-electron chi connectivity index (χ0n) is 15.5. The number of carbonyl (C=O) groups is 3. The first-order valence-electron chi connectivity index (χ1n) is 8.88. The van der Waals surface area contributed by atoms with E-state index in [9.17, 15) is 19.5 Å². The van der Waals surface area contributed by atoms with Gasteiger partial charge in [-0.1, -0.05) is 25.1 Å². The van der Waals surface area contributed by atoms with Crippen LogP contribution < -0.4 is 10.6 Å². The van der Waals surface area contributed by atoms with Crippen LogP contribution in [0.3, 0.4) is 0 Å². The predicted octanol–water partition coefficient (Wildman–Crippen LogP) is 0.927. The Morgan fingerprint density at radius 1 is 1.46 bits per heavy atom. The van der Waals surface area contributed by atoms with Crippen molar-refractivity contribution >= 4 is 41.4 Å². The maximum Gasteiger partial charge on any atom is 0.352 e. The molecule has 1 unspecified atom stereocenters. The molecule has 3 amide bonds. The third kappa shape index (κ3) is 4.27. The quantitative estimate of drug-likeness (QED) is 0.273. The topological polar surface area (TPSA) is 140 Å². The zero-order valence-corrected chi connectivity index (χ0v) is 17.2. The number of carboxylic acids is 1. The van der Waals surface area contributed by atoms with E-state index in [0.29, 0.717) is 34.6 Å². The highest BCUT2D eigenvalue weighted by molar-refractivity contribution is 8.01. The number of thioether (sulfide) groups is 2. The summed E-state index contributed by atoms with van der Waals surface area (Å²) in [7, 11) is 0. The van der Waals surface area contributed by atoms with Crippen LogP contribution in [0.15, 0.2) is 16.4 Å². The van der Waals surface area contributed by atoms with Gasteiger partial charge in [-0.25, -0.2) is 14.6 Å². The van der Waals surface area contributed by atoms with E-state index in [1.165, 1.54) is 28.4 Å². The molecule has 10 nitrogen and oxygen atoms in total. The van der Waals surface area contributed by atoms with E-state index >= 15 is 0 Å². The van der Waals surface area contributed by atoms with Crippen LogP contribution in [0.4, 0.5) is 4.79 Å². The van der Waals surface area contributed by atoms with Crippen molar-refractivity contribution in [1.29, 1.82) is 0 Å². The van der Waals surface area contributed by atoms with Crippen LogP contribution in [0, 0.1) is 6.92 Å². The summed E-state index contributed by atoms with van der Waals surface area (Å²) >= 11 is 2.76. The number of fused-ring (bicyclic) bond motifs is 1. The molecule has 1 aromatic rings. The third-order valence-corrected chi connectivity index (χ3v) is 6.58. The molecule has 3 heterocycles. The summed E-state index contributed by atoms with van der Waals surface area (Å²) in [5.74, 6) is -0.0417. The molecule has 28 heavy (non-hydrogen) atoms. The second kappa shape index (κ2) is 8.86. The third-order valence-electron chi connectivity index (χ3n) is 4.30. The number of carboxylic acid groups (broad SMARTS) is 1. The molecule has 1 saturated heterocycles. The Bertz CT molecular complexity index is 811. The number of aryl methyl sites for hydroxylation is 1. The molecule has 0 bridgehead atoms. The van der Waals surface area contributed by atoms with Gasteiger partial charge in [-0.3, -0.25) is 14.8 Å². The van der Waals surface area contributed by atoms with Crippen molar-refractivity contribution in [3.8, 4) is 0 Å². The fraction of sp³-hybridized carbons (Fsp3) is 0.562. The SMILES string of the molecule is CCCCNC(=O)NC1C(=O)N2C(C(=O)O)=C(CSc3n[nH]c(C)n3)CS[C@@H]12. The van der Waals surface area contributed by atoms with Gasteiger partial charge >= 0.3 is 12.0 Å². The Kier molecular flexibility index (Phi) is 6.50. The summed E-state index contributed by atoms with van der Waals surface area (Å²) in [4.78, 5) is 41.7. The van der Waals surface area contributed by atoms with Crippen LogP contribution in [-0.4, -0.2) is 72.6 Å². The number of nitrogens with one attached hydrogen (secondary N) is 3. The Hall–Kier alpha value is -2.21. The maximum absolute atomic E-state index is 12.5. The van der Waals surface area contributed by atoms with Gasteiger partial charge in [-0.2, -0.15) is 0 Å². The smallest absolute Gasteiger partial charge is 0.352 e. The van der Waals surface area contributed by atoms with Crippen LogP contribution in [0.5, 0.6) is 0 Å². The molecular weight excluding hydrogens is 404 g/mol. The number of aromatic nitrogens is 3. The molecule has 4 N–H and O–H groups in total. The highest BCUT2D eigenvalue weighted by Crippen LogP contribution is 2.41. The molecule has 0 aliphatic carbocycles. The summed E-state index contributed by atoms with van der Waals surface area (Å²) in [6.45, 7) is 4.34. The molecule has 1 aromatic heterocycles. The monoisotopic (exact) mass is 426 g/mol.